The van der Waals surface area contributed by atoms with E-state index in [4.69, 9.17) is 9.72 Å². The number of carbonyl (C=O) groups is 4. The van der Waals surface area contributed by atoms with E-state index in [1.165, 1.54) is 4.68 Å². The second kappa shape index (κ2) is 16.1. The van der Waals surface area contributed by atoms with Gasteiger partial charge in [-0.15, -0.1) is 0 Å². The Morgan fingerprint density at radius 2 is 1.67 bits per heavy atom. The van der Waals surface area contributed by atoms with Crippen LogP contribution in [0.1, 0.15) is 48.6 Å². The number of nitrogens with one attached hydrogen (secondary N) is 4. The number of fused-ring (bicyclic) bond motifs is 14. The molecule has 5 aromatic rings. The molecule has 3 atom stereocenters. The summed E-state index contributed by atoms with van der Waals surface area (Å²) in [5.41, 5.74) is 2.38. The van der Waals surface area contributed by atoms with E-state index in [1.54, 1.807) is 78.6 Å². The summed E-state index contributed by atoms with van der Waals surface area (Å²) in [6.07, 6.45) is 3.48. The Kier molecular flexibility index (Phi) is 11.0. The quantitative estimate of drug-likeness (QED) is 0.216. The summed E-state index contributed by atoms with van der Waals surface area (Å²) in [5.74, 6) is -0.764. The van der Waals surface area contributed by atoms with Crippen LogP contribution in [0.2, 0.25) is 0 Å². The zero-order valence-electron chi connectivity index (χ0n) is 29.2. The van der Waals surface area contributed by atoms with Gasteiger partial charge in [-0.05, 0) is 48.7 Å². The van der Waals surface area contributed by atoms with Crippen molar-refractivity contribution in [1.29, 1.82) is 0 Å². The van der Waals surface area contributed by atoms with Crippen LogP contribution in [-0.2, 0) is 27.3 Å². The molecule has 14 nitrogen and oxygen atoms in total. The second-order valence-electron chi connectivity index (χ2n) is 12.8. The summed E-state index contributed by atoms with van der Waals surface area (Å²) in [6.45, 7) is 5.70. The van der Waals surface area contributed by atoms with Crippen LogP contribution >= 0.6 is 0 Å². The van der Waals surface area contributed by atoms with Gasteiger partial charge in [-0.25, -0.2) is 14.3 Å². The van der Waals surface area contributed by atoms with Crippen LogP contribution in [0.15, 0.2) is 97.3 Å². The molecule has 268 valence electrons. The molecule has 4 heterocycles. The molecule has 14 heteroatoms. The molecule has 0 unspecified atom stereocenters. The minimum absolute atomic E-state index is 0.131. The van der Waals surface area contributed by atoms with E-state index in [2.05, 4.69) is 31.5 Å². The number of aromatic nitrogens is 5. The minimum atomic E-state index is -1.05. The van der Waals surface area contributed by atoms with Crippen LogP contribution in [0, 0.1) is 5.92 Å². The molecule has 0 spiro atoms. The second-order valence-corrected chi connectivity index (χ2v) is 12.8. The van der Waals surface area contributed by atoms with Crippen LogP contribution in [0.3, 0.4) is 0 Å². The predicted molar refractivity (Wildman–Crippen MR) is 192 cm³/mol. The van der Waals surface area contributed by atoms with E-state index in [-0.39, 0.29) is 37.9 Å². The van der Waals surface area contributed by atoms with E-state index in [9.17, 15) is 19.2 Å². The van der Waals surface area contributed by atoms with Crippen LogP contribution in [-0.4, -0.2) is 73.4 Å². The number of hydrogen-bond donors (Lipinski definition) is 4. The molecule has 2 aromatic heterocycles. The third-order valence-electron chi connectivity index (χ3n) is 8.60. The lowest BCUT2D eigenvalue weighted by atomic mass is 10.00. The van der Waals surface area contributed by atoms with Crippen LogP contribution in [0.25, 0.3) is 17.1 Å². The Morgan fingerprint density at radius 1 is 0.923 bits per heavy atom. The number of benzene rings is 3. The molecule has 4 amide bonds. The van der Waals surface area contributed by atoms with Gasteiger partial charge in [-0.3, -0.25) is 19.2 Å². The molecule has 0 saturated heterocycles. The maximum atomic E-state index is 14.1. The zero-order chi connectivity index (χ0) is 36.6. The topological polar surface area (TPSA) is 174 Å². The third-order valence-corrected chi connectivity index (χ3v) is 8.60. The van der Waals surface area contributed by atoms with E-state index >= 15 is 0 Å². The monoisotopic (exact) mass is 703 g/mol. The maximum absolute atomic E-state index is 14.1. The summed E-state index contributed by atoms with van der Waals surface area (Å²) in [4.78, 5) is 59.5. The molecule has 0 saturated carbocycles. The fourth-order valence-electron chi connectivity index (χ4n) is 5.89. The highest BCUT2D eigenvalue weighted by atomic mass is 16.5. The predicted octanol–water partition coefficient (Wildman–Crippen LogP) is 3.00. The number of nitrogens with zero attached hydrogens (tertiary/aromatic N) is 5. The maximum Gasteiger partial charge on any atom is 0.254 e. The third kappa shape index (κ3) is 8.52. The van der Waals surface area contributed by atoms with Gasteiger partial charge in [0.15, 0.2) is 5.82 Å². The van der Waals surface area contributed by atoms with E-state index in [0.717, 1.165) is 11.1 Å². The molecule has 52 heavy (non-hydrogen) atoms. The van der Waals surface area contributed by atoms with Gasteiger partial charge in [0.25, 0.3) is 5.91 Å². The molecule has 2 aliphatic heterocycles. The van der Waals surface area contributed by atoms with Crippen LogP contribution in [0.4, 0.5) is 0 Å². The molecule has 0 fully saturated rings. The molecule has 2 bridgehead atoms. The number of rotatable bonds is 5. The highest BCUT2D eigenvalue weighted by Gasteiger charge is 2.31. The fraction of sp³-hybridized carbons (Fsp3) is 0.289. The van der Waals surface area contributed by atoms with Crippen molar-refractivity contribution in [1.82, 2.24) is 45.8 Å². The van der Waals surface area contributed by atoms with Gasteiger partial charge in [-0.1, -0.05) is 68.4 Å². The SMILES string of the molecule is CC(C)[C@H]1NC(=O)[C@@H](NC(=O)c2ccccc2-n2cccn2)Cc2ccc(cc2)OCCNC(=O)Cn2nc(-c3ccccc3)nc2[C@H](C)NC1=O. The molecule has 7 rings (SSSR count). The summed E-state index contributed by atoms with van der Waals surface area (Å²) >= 11 is 0. The Labute approximate surface area is 301 Å². The lowest BCUT2D eigenvalue weighted by molar-refractivity contribution is -0.131. The highest BCUT2D eigenvalue weighted by Crippen LogP contribution is 2.20. The summed E-state index contributed by atoms with van der Waals surface area (Å²) < 4.78 is 8.90. The van der Waals surface area contributed by atoms with Gasteiger partial charge in [0.1, 0.15) is 36.8 Å². The first-order chi connectivity index (χ1) is 25.2. The van der Waals surface area contributed by atoms with Crippen molar-refractivity contribution in [3.63, 3.8) is 0 Å². The highest BCUT2D eigenvalue weighted by molar-refractivity contribution is 6.01. The first-order valence-corrected chi connectivity index (χ1v) is 17.2. The molecule has 2 aliphatic rings. The molecule has 0 aliphatic carbocycles. The minimum Gasteiger partial charge on any atom is -0.492 e. The van der Waals surface area contributed by atoms with Gasteiger partial charge >= 0.3 is 0 Å². The van der Waals surface area contributed by atoms with Crippen molar-refractivity contribution in [2.45, 2.75) is 51.9 Å². The first kappa shape index (κ1) is 35.5. The standard InChI is InChI=1S/C38H41N9O5/c1-24(2)33-38(51)41-25(3)35-44-34(27-10-5-4-6-11-27)45-47(35)23-32(48)39-19-21-52-28-16-14-26(15-17-28)22-30(37(50)43-33)42-36(49)29-12-7-8-13-31(29)46-20-9-18-40-46/h4-18,20,24-25,30,33H,19,21-23H2,1-3H3,(H,39,48)(H,41,51)(H,42,49)(H,43,50)/t25-,30-,33+/m0/s1. The van der Waals surface area contributed by atoms with Crippen molar-refractivity contribution in [2.24, 2.45) is 5.92 Å². The lowest BCUT2D eigenvalue weighted by Crippen LogP contribution is -2.56. The van der Waals surface area contributed by atoms with Crippen molar-refractivity contribution in [2.75, 3.05) is 13.2 Å². The number of amides is 4. The first-order valence-electron chi connectivity index (χ1n) is 17.2. The van der Waals surface area contributed by atoms with E-state index in [1.807, 2.05) is 44.2 Å². The van der Waals surface area contributed by atoms with Crippen LogP contribution in [0.5, 0.6) is 5.75 Å². The Bertz CT molecular complexity index is 2010. The van der Waals surface area contributed by atoms with Gasteiger partial charge in [0.2, 0.25) is 17.7 Å². The molecule has 3 aromatic carbocycles. The van der Waals surface area contributed by atoms with Crippen molar-refractivity contribution < 1.29 is 23.9 Å². The van der Waals surface area contributed by atoms with Gasteiger partial charge in [0, 0.05) is 24.4 Å². The summed E-state index contributed by atoms with van der Waals surface area (Å²) in [6, 6.07) is 22.5. The number of para-hydroxylation sites is 1. The Morgan fingerprint density at radius 3 is 2.40 bits per heavy atom. The van der Waals surface area contributed by atoms with E-state index in [0.29, 0.717) is 28.6 Å². The lowest BCUT2D eigenvalue weighted by Gasteiger charge is -2.27. The average Bonchev–Trinajstić information content (AvgIpc) is 3.84. The number of carbonyl (C=O) groups excluding carboxylic acids is 4. The van der Waals surface area contributed by atoms with Crippen molar-refractivity contribution in [3.8, 4) is 22.8 Å². The molecule has 4 N–H and O–H groups in total. The summed E-state index contributed by atoms with van der Waals surface area (Å²) in [5, 5.41) is 20.5. The Hall–Kier alpha value is -6.31. The molecular weight excluding hydrogens is 662 g/mol. The van der Waals surface area contributed by atoms with Gasteiger partial charge in [0.05, 0.1) is 23.8 Å². The smallest absolute Gasteiger partial charge is 0.254 e. The van der Waals surface area contributed by atoms with Crippen molar-refractivity contribution >= 4 is 23.6 Å². The summed E-state index contributed by atoms with van der Waals surface area (Å²) in [7, 11) is 0. The Balaban J connectivity index is 1.30. The average molecular weight is 704 g/mol. The van der Waals surface area contributed by atoms with E-state index < -0.39 is 35.8 Å². The molecule has 0 radical (unpaired) electrons. The van der Waals surface area contributed by atoms with Crippen molar-refractivity contribution in [3.05, 3.63) is 114 Å². The number of ether oxygens (including phenoxy) is 1. The van der Waals surface area contributed by atoms with Gasteiger partial charge < -0.3 is 26.0 Å². The zero-order valence-corrected chi connectivity index (χ0v) is 29.2. The fourth-order valence-corrected chi connectivity index (χ4v) is 5.89. The number of hydrogen-bond acceptors (Lipinski definition) is 8. The largest absolute Gasteiger partial charge is 0.492 e. The van der Waals surface area contributed by atoms with Gasteiger partial charge in [-0.2, -0.15) is 10.2 Å². The van der Waals surface area contributed by atoms with Crippen LogP contribution < -0.4 is 26.0 Å². The molecular formula is C38H41N9O5. The normalized spacial score (nSPS) is 18.8.